The van der Waals surface area contributed by atoms with Crippen molar-refractivity contribution in [3.8, 4) is 5.75 Å². The minimum atomic E-state index is -1.16. The molecule has 0 unspecified atom stereocenters. The number of hydrogen-bond donors (Lipinski definition) is 3. The lowest BCUT2D eigenvalue weighted by molar-refractivity contribution is -0.131. The Morgan fingerprint density at radius 3 is 2.53 bits per heavy atom. The molecular formula is C21H22INO6S. The molecule has 0 aromatic heterocycles. The van der Waals surface area contributed by atoms with Crippen molar-refractivity contribution in [2.75, 3.05) is 18.2 Å². The van der Waals surface area contributed by atoms with Gasteiger partial charge in [0.05, 0.1) is 0 Å². The van der Waals surface area contributed by atoms with E-state index in [1.54, 1.807) is 43.0 Å². The number of carbonyl (C=O) groups is 2. The van der Waals surface area contributed by atoms with E-state index >= 15 is 0 Å². The van der Waals surface area contributed by atoms with Gasteiger partial charge in [-0.25, -0.2) is 9.59 Å². The molecule has 7 nitrogen and oxygen atoms in total. The van der Waals surface area contributed by atoms with Crippen molar-refractivity contribution in [3.05, 3.63) is 63.8 Å². The first-order valence-electron chi connectivity index (χ1n) is 8.96. The molecule has 0 heterocycles. The van der Waals surface area contributed by atoms with E-state index < -0.39 is 24.3 Å². The summed E-state index contributed by atoms with van der Waals surface area (Å²) in [6, 6.07) is 12.1. The number of carbonyl (C=O) groups excluding carboxylic acids is 1. The molecule has 2 aromatic carbocycles. The number of aliphatic carboxylic acids is 1. The number of halogens is 1. The standard InChI is InChI=1S/C21H22INO6S/c1-3-28-18(10-11-19(25)26)20(16-12-13(22)4-9-17(16)24)29-21(27)23-14-5-7-15(30-2)8-6-14/h4-12,18,20,24H,3H2,1-2H3,(H,23,27)(H,25,26)/b11-10+/t18-,20-/m1/s1. The van der Waals surface area contributed by atoms with Crippen LogP contribution in [-0.2, 0) is 14.3 Å². The van der Waals surface area contributed by atoms with Crippen LogP contribution >= 0.6 is 34.4 Å². The quantitative estimate of drug-likeness (QED) is 0.231. The number of amides is 1. The van der Waals surface area contributed by atoms with Crippen molar-refractivity contribution in [2.24, 2.45) is 0 Å². The Hall–Kier alpha value is -2.24. The van der Waals surface area contributed by atoms with Gasteiger partial charge in [-0.15, -0.1) is 11.8 Å². The third kappa shape index (κ3) is 7.22. The van der Waals surface area contributed by atoms with E-state index in [1.807, 2.05) is 18.4 Å². The number of thioether (sulfide) groups is 1. The Morgan fingerprint density at radius 2 is 1.93 bits per heavy atom. The normalized spacial score (nSPS) is 13.0. The van der Waals surface area contributed by atoms with Crippen molar-refractivity contribution in [2.45, 2.75) is 24.0 Å². The zero-order valence-electron chi connectivity index (χ0n) is 16.4. The number of hydrogen-bond acceptors (Lipinski definition) is 6. The van der Waals surface area contributed by atoms with Gasteiger partial charge in [-0.3, -0.25) is 5.32 Å². The average Bonchev–Trinajstić information content (AvgIpc) is 2.72. The molecule has 2 rings (SSSR count). The molecule has 0 fully saturated rings. The number of phenolic OH excluding ortho intramolecular Hbond substituents is 1. The van der Waals surface area contributed by atoms with Gasteiger partial charge >= 0.3 is 12.1 Å². The number of carboxylic acid groups (broad SMARTS) is 1. The summed E-state index contributed by atoms with van der Waals surface area (Å²) in [4.78, 5) is 24.6. The minimum Gasteiger partial charge on any atom is -0.508 e. The van der Waals surface area contributed by atoms with Gasteiger partial charge in [0.1, 0.15) is 11.9 Å². The van der Waals surface area contributed by atoms with Gasteiger partial charge in [0.15, 0.2) is 6.10 Å². The van der Waals surface area contributed by atoms with Crippen LogP contribution in [0.4, 0.5) is 10.5 Å². The molecular weight excluding hydrogens is 521 g/mol. The Kier molecular flexibility index (Phi) is 9.47. The van der Waals surface area contributed by atoms with Gasteiger partial charge < -0.3 is 19.7 Å². The van der Waals surface area contributed by atoms with Crippen LogP contribution in [0.5, 0.6) is 5.75 Å². The number of benzene rings is 2. The molecule has 0 aliphatic heterocycles. The zero-order valence-corrected chi connectivity index (χ0v) is 19.3. The summed E-state index contributed by atoms with van der Waals surface area (Å²) in [5.74, 6) is -1.25. The predicted molar refractivity (Wildman–Crippen MR) is 124 cm³/mol. The van der Waals surface area contributed by atoms with Crippen LogP contribution in [0.1, 0.15) is 18.6 Å². The molecule has 2 aromatic rings. The summed E-state index contributed by atoms with van der Waals surface area (Å²) in [6.07, 6.45) is 1.41. The number of rotatable bonds is 9. The summed E-state index contributed by atoms with van der Waals surface area (Å²) < 4.78 is 12.0. The summed E-state index contributed by atoms with van der Waals surface area (Å²) >= 11 is 3.65. The third-order valence-electron chi connectivity index (χ3n) is 3.95. The van der Waals surface area contributed by atoms with Crippen LogP contribution < -0.4 is 5.32 Å². The lowest BCUT2D eigenvalue weighted by atomic mass is 10.0. The van der Waals surface area contributed by atoms with Crippen LogP contribution in [-0.4, -0.2) is 41.2 Å². The monoisotopic (exact) mass is 543 g/mol. The highest BCUT2D eigenvalue weighted by Gasteiger charge is 2.29. The molecule has 0 bridgehead atoms. The fraction of sp³-hybridized carbons (Fsp3) is 0.238. The van der Waals surface area contributed by atoms with Gasteiger partial charge in [0, 0.05) is 32.4 Å². The van der Waals surface area contributed by atoms with Crippen molar-refractivity contribution in [3.63, 3.8) is 0 Å². The molecule has 160 valence electrons. The second kappa shape index (κ2) is 11.8. The topological polar surface area (TPSA) is 105 Å². The van der Waals surface area contributed by atoms with Gasteiger partial charge in [-0.1, -0.05) is 0 Å². The fourth-order valence-corrected chi connectivity index (χ4v) is 3.53. The van der Waals surface area contributed by atoms with E-state index in [-0.39, 0.29) is 12.4 Å². The van der Waals surface area contributed by atoms with Gasteiger partial charge in [0.2, 0.25) is 0 Å². The maximum Gasteiger partial charge on any atom is 0.412 e. The summed E-state index contributed by atoms with van der Waals surface area (Å²) in [5.41, 5.74) is 0.848. The minimum absolute atomic E-state index is 0.0917. The molecule has 0 saturated heterocycles. The smallest absolute Gasteiger partial charge is 0.412 e. The number of carboxylic acids is 1. The van der Waals surface area contributed by atoms with Crippen LogP contribution in [0.25, 0.3) is 0 Å². The van der Waals surface area contributed by atoms with Crippen molar-refractivity contribution in [1.29, 1.82) is 0 Å². The highest BCUT2D eigenvalue weighted by molar-refractivity contribution is 14.1. The number of phenols is 1. The molecule has 3 N–H and O–H groups in total. The molecule has 0 saturated carbocycles. The van der Waals surface area contributed by atoms with E-state index in [2.05, 4.69) is 27.9 Å². The Morgan fingerprint density at radius 1 is 1.23 bits per heavy atom. The van der Waals surface area contributed by atoms with Crippen LogP contribution in [0, 0.1) is 3.57 Å². The van der Waals surface area contributed by atoms with Crippen molar-refractivity contribution in [1.82, 2.24) is 0 Å². The summed E-state index contributed by atoms with van der Waals surface area (Å²) in [6.45, 7) is 1.98. The second-order valence-corrected chi connectivity index (χ2v) is 8.13. The third-order valence-corrected chi connectivity index (χ3v) is 5.37. The maximum absolute atomic E-state index is 12.6. The first-order valence-corrected chi connectivity index (χ1v) is 11.3. The molecule has 1 amide bonds. The molecule has 0 radical (unpaired) electrons. The van der Waals surface area contributed by atoms with Crippen molar-refractivity contribution >= 4 is 52.1 Å². The number of anilines is 1. The summed E-state index contributed by atoms with van der Waals surface area (Å²) in [5, 5.41) is 22.0. The number of nitrogens with one attached hydrogen (secondary N) is 1. The molecule has 0 aliphatic rings. The average molecular weight is 543 g/mol. The molecule has 0 aliphatic carbocycles. The second-order valence-electron chi connectivity index (χ2n) is 6.00. The van der Waals surface area contributed by atoms with Crippen LogP contribution in [0.15, 0.2) is 59.5 Å². The van der Waals surface area contributed by atoms with Crippen LogP contribution in [0.2, 0.25) is 0 Å². The largest absolute Gasteiger partial charge is 0.508 e. The number of aromatic hydroxyl groups is 1. The first-order chi connectivity index (χ1) is 14.3. The Bertz CT molecular complexity index is 903. The van der Waals surface area contributed by atoms with Gasteiger partial charge in [-0.05, 0) is 84.3 Å². The highest BCUT2D eigenvalue weighted by Crippen LogP contribution is 2.33. The molecule has 9 heteroatoms. The lowest BCUT2D eigenvalue weighted by Crippen LogP contribution is -2.28. The zero-order chi connectivity index (χ0) is 22.1. The van der Waals surface area contributed by atoms with E-state index in [0.717, 1.165) is 14.5 Å². The first kappa shape index (κ1) is 24.0. The lowest BCUT2D eigenvalue weighted by Gasteiger charge is -2.26. The summed E-state index contributed by atoms with van der Waals surface area (Å²) in [7, 11) is 0. The SMILES string of the molecule is CCO[C@H](/C=C/C(=O)O)[C@H](OC(=O)Nc1ccc(SC)cc1)c1cc(I)ccc1O. The predicted octanol–water partition coefficient (Wildman–Crippen LogP) is 5.05. The molecule has 30 heavy (non-hydrogen) atoms. The van der Waals surface area contributed by atoms with E-state index in [1.165, 1.54) is 12.1 Å². The van der Waals surface area contributed by atoms with E-state index in [4.69, 9.17) is 14.6 Å². The van der Waals surface area contributed by atoms with E-state index in [0.29, 0.717) is 11.3 Å². The Labute approximate surface area is 192 Å². The maximum atomic E-state index is 12.6. The van der Waals surface area contributed by atoms with Crippen molar-refractivity contribution < 1.29 is 29.3 Å². The van der Waals surface area contributed by atoms with Gasteiger partial charge in [-0.2, -0.15) is 0 Å². The fourth-order valence-electron chi connectivity index (χ4n) is 2.61. The molecule has 2 atom stereocenters. The number of ether oxygens (including phenoxy) is 2. The van der Waals surface area contributed by atoms with Gasteiger partial charge in [0.25, 0.3) is 0 Å². The molecule has 0 spiro atoms. The highest BCUT2D eigenvalue weighted by atomic mass is 127. The van der Waals surface area contributed by atoms with E-state index in [9.17, 15) is 14.7 Å². The van der Waals surface area contributed by atoms with Crippen LogP contribution in [0.3, 0.4) is 0 Å². The Balaban J connectivity index is 2.32.